The Labute approximate surface area is 218 Å². The lowest BCUT2D eigenvalue weighted by molar-refractivity contribution is -0.119. The zero-order valence-corrected chi connectivity index (χ0v) is 21.9. The Kier molecular flexibility index (Phi) is 7.24. The number of hydrogen-bond donors (Lipinski definition) is 2. The molecule has 37 heavy (non-hydrogen) atoms. The molecule has 0 unspecified atom stereocenters. The minimum absolute atomic E-state index is 0.0616. The zero-order valence-electron chi connectivity index (χ0n) is 21.9. The number of amides is 2. The van der Waals surface area contributed by atoms with E-state index >= 15 is 0 Å². The average molecular weight is 508 g/mol. The van der Waals surface area contributed by atoms with E-state index in [4.69, 9.17) is 9.72 Å². The molecule has 1 saturated carbocycles. The van der Waals surface area contributed by atoms with Gasteiger partial charge in [-0.3, -0.25) is 9.59 Å². The topological polar surface area (TPSA) is 98.2 Å². The Morgan fingerprint density at radius 3 is 2.51 bits per heavy atom. The Hall–Kier alpha value is -3.33. The van der Waals surface area contributed by atoms with Gasteiger partial charge >= 0.3 is 0 Å². The molecule has 3 aliphatic rings. The fourth-order valence-corrected chi connectivity index (χ4v) is 5.83. The van der Waals surface area contributed by atoms with E-state index in [9.17, 15) is 14.7 Å². The highest BCUT2D eigenvalue weighted by Crippen LogP contribution is 2.40. The van der Waals surface area contributed by atoms with Gasteiger partial charge in [-0.05, 0) is 62.9 Å². The molecule has 2 fully saturated rings. The Bertz CT molecular complexity index is 1160. The number of benzene rings is 1. The summed E-state index contributed by atoms with van der Waals surface area (Å²) in [6.07, 6.45) is 6.60. The molecule has 9 nitrogen and oxygen atoms in total. The number of rotatable bonds is 5. The predicted octanol–water partition coefficient (Wildman–Crippen LogP) is 3.93. The van der Waals surface area contributed by atoms with E-state index in [1.165, 1.54) is 19.3 Å². The van der Waals surface area contributed by atoms with E-state index in [2.05, 4.69) is 10.2 Å². The third-order valence-corrected chi connectivity index (χ3v) is 8.00. The molecule has 0 spiro atoms. The summed E-state index contributed by atoms with van der Waals surface area (Å²) in [4.78, 5) is 36.7. The number of carbonyl (C=O) groups is 2. The second-order valence-corrected chi connectivity index (χ2v) is 10.4. The number of ether oxygens (including phenoxy) is 1. The second-order valence-electron chi connectivity index (χ2n) is 10.4. The van der Waals surface area contributed by atoms with E-state index < -0.39 is 0 Å². The smallest absolute Gasteiger partial charge is 0.253 e. The molecule has 5 rings (SSSR count). The van der Waals surface area contributed by atoms with Crippen molar-refractivity contribution in [1.29, 1.82) is 0 Å². The molecule has 0 bridgehead atoms. The molecule has 1 atom stereocenters. The Balaban J connectivity index is 1.41. The van der Waals surface area contributed by atoms with Crippen LogP contribution < -0.4 is 19.9 Å². The van der Waals surface area contributed by atoms with E-state index in [1.54, 1.807) is 29.0 Å². The maximum atomic E-state index is 13.0. The van der Waals surface area contributed by atoms with Crippen molar-refractivity contribution >= 4 is 34.8 Å². The number of aliphatic hydroxyl groups is 1. The first-order valence-electron chi connectivity index (χ1n) is 13.4. The van der Waals surface area contributed by atoms with Gasteiger partial charge in [-0.1, -0.05) is 19.3 Å². The fourth-order valence-electron chi connectivity index (χ4n) is 5.83. The Morgan fingerprint density at radius 1 is 1.08 bits per heavy atom. The average Bonchev–Trinajstić information content (AvgIpc) is 2.93. The van der Waals surface area contributed by atoms with Crippen LogP contribution in [0.15, 0.2) is 30.3 Å². The molecule has 198 valence electrons. The number of likely N-dealkylation sites (tertiary alicyclic amines) is 1. The van der Waals surface area contributed by atoms with Crippen molar-refractivity contribution in [2.24, 2.45) is 0 Å². The van der Waals surface area contributed by atoms with Crippen LogP contribution >= 0.6 is 0 Å². The van der Waals surface area contributed by atoms with Crippen LogP contribution in [0.4, 0.5) is 23.0 Å². The minimum Gasteiger partial charge on any atom is -0.495 e. The lowest BCUT2D eigenvalue weighted by Crippen LogP contribution is -2.55. The number of nitrogens with one attached hydrogen (secondary N) is 1. The number of methoxy groups -OCH3 is 1. The summed E-state index contributed by atoms with van der Waals surface area (Å²) < 4.78 is 5.63. The summed E-state index contributed by atoms with van der Waals surface area (Å²) in [7, 11) is 3.39. The van der Waals surface area contributed by atoms with E-state index in [0.29, 0.717) is 54.8 Å². The normalized spacial score (nSPS) is 21.1. The van der Waals surface area contributed by atoms with Crippen LogP contribution in [0.25, 0.3) is 0 Å². The molecule has 9 heteroatoms. The standard InChI is InChI=1S/C28H37N5O4/c1-18-27(35)31(2)23-11-12-25(30-26(23)33(18)20-7-5-4-6-8-20)29-22-10-9-19(17-24(22)37-3)28(36)32-15-13-21(34)14-16-32/h9-12,17-18,20-21,34H,4-8,13-16H2,1-3H3,(H,29,30)/t18-/m1/s1. The summed E-state index contributed by atoms with van der Waals surface area (Å²) in [5.74, 6) is 2.05. The highest BCUT2D eigenvalue weighted by Gasteiger charge is 2.39. The molecular formula is C28H37N5O4. The maximum absolute atomic E-state index is 13.0. The first-order valence-corrected chi connectivity index (χ1v) is 13.4. The number of aliphatic hydroxyl groups excluding tert-OH is 1. The molecule has 1 aromatic carbocycles. The number of carbonyl (C=O) groups excluding carboxylic acids is 2. The number of nitrogens with zero attached hydrogens (tertiary/aromatic N) is 4. The van der Waals surface area contributed by atoms with Gasteiger partial charge in [-0.2, -0.15) is 0 Å². The van der Waals surface area contributed by atoms with Gasteiger partial charge in [0.1, 0.15) is 17.6 Å². The van der Waals surface area contributed by atoms with Gasteiger partial charge in [0.05, 0.1) is 24.6 Å². The van der Waals surface area contributed by atoms with Crippen molar-refractivity contribution in [2.45, 2.75) is 70.1 Å². The van der Waals surface area contributed by atoms with Crippen LogP contribution in [0.1, 0.15) is 62.2 Å². The van der Waals surface area contributed by atoms with E-state index in [0.717, 1.165) is 24.3 Å². The third-order valence-electron chi connectivity index (χ3n) is 8.00. The third kappa shape index (κ3) is 4.97. The van der Waals surface area contributed by atoms with Crippen molar-refractivity contribution in [3.05, 3.63) is 35.9 Å². The van der Waals surface area contributed by atoms with Crippen molar-refractivity contribution in [3.8, 4) is 5.75 Å². The number of anilines is 4. The number of aromatic nitrogens is 1. The number of pyridine rings is 1. The number of likely N-dealkylation sites (N-methyl/N-ethyl adjacent to an activating group) is 1. The predicted molar refractivity (Wildman–Crippen MR) is 144 cm³/mol. The second kappa shape index (κ2) is 10.6. The monoisotopic (exact) mass is 507 g/mol. The highest BCUT2D eigenvalue weighted by molar-refractivity contribution is 6.04. The van der Waals surface area contributed by atoms with Crippen molar-refractivity contribution in [3.63, 3.8) is 0 Å². The van der Waals surface area contributed by atoms with Gasteiger partial charge in [0.15, 0.2) is 5.82 Å². The van der Waals surface area contributed by atoms with Gasteiger partial charge in [-0.15, -0.1) is 0 Å². The molecule has 2 aliphatic heterocycles. The van der Waals surface area contributed by atoms with Gasteiger partial charge in [0.2, 0.25) is 5.91 Å². The summed E-state index contributed by atoms with van der Waals surface area (Å²) in [6, 6.07) is 9.23. The van der Waals surface area contributed by atoms with E-state index in [-0.39, 0.29) is 24.0 Å². The number of fused-ring (bicyclic) bond motifs is 1. The zero-order chi connectivity index (χ0) is 26.1. The first kappa shape index (κ1) is 25.3. The largest absolute Gasteiger partial charge is 0.495 e. The molecule has 0 radical (unpaired) electrons. The molecule has 3 heterocycles. The van der Waals surface area contributed by atoms with Gasteiger partial charge in [0.25, 0.3) is 5.91 Å². The van der Waals surface area contributed by atoms with Crippen molar-refractivity contribution < 1.29 is 19.4 Å². The number of hydrogen-bond acceptors (Lipinski definition) is 7. The van der Waals surface area contributed by atoms with Gasteiger partial charge < -0.3 is 29.9 Å². The molecule has 2 amide bonds. The van der Waals surface area contributed by atoms with Crippen LogP contribution in [0.2, 0.25) is 0 Å². The lowest BCUT2D eigenvalue weighted by Gasteiger charge is -2.44. The Morgan fingerprint density at radius 2 is 1.81 bits per heavy atom. The van der Waals surface area contributed by atoms with Crippen molar-refractivity contribution in [2.75, 3.05) is 42.4 Å². The summed E-state index contributed by atoms with van der Waals surface area (Å²) in [5.41, 5.74) is 2.08. The molecule has 2 aromatic rings. The van der Waals surface area contributed by atoms with Crippen LogP contribution in [-0.2, 0) is 4.79 Å². The van der Waals surface area contributed by atoms with Crippen LogP contribution in [0.3, 0.4) is 0 Å². The summed E-state index contributed by atoms with van der Waals surface area (Å²) in [6.45, 7) is 3.07. The van der Waals surface area contributed by atoms with Crippen LogP contribution in [0.5, 0.6) is 5.75 Å². The minimum atomic E-state index is -0.329. The van der Waals surface area contributed by atoms with Crippen LogP contribution in [-0.4, -0.2) is 72.2 Å². The molecular weight excluding hydrogens is 470 g/mol. The maximum Gasteiger partial charge on any atom is 0.253 e. The highest BCUT2D eigenvalue weighted by atomic mass is 16.5. The molecule has 1 aromatic heterocycles. The molecule has 2 N–H and O–H groups in total. The summed E-state index contributed by atoms with van der Waals surface area (Å²) >= 11 is 0. The molecule has 1 aliphatic carbocycles. The lowest BCUT2D eigenvalue weighted by atomic mass is 9.92. The van der Waals surface area contributed by atoms with Gasteiger partial charge in [-0.25, -0.2) is 4.98 Å². The van der Waals surface area contributed by atoms with E-state index in [1.807, 2.05) is 32.2 Å². The first-order chi connectivity index (χ1) is 17.9. The van der Waals surface area contributed by atoms with Crippen molar-refractivity contribution in [1.82, 2.24) is 9.88 Å². The van der Waals surface area contributed by atoms with Crippen LogP contribution in [0, 0.1) is 0 Å². The number of piperidine rings is 1. The molecule has 1 saturated heterocycles. The summed E-state index contributed by atoms with van der Waals surface area (Å²) in [5, 5.41) is 13.1. The quantitative estimate of drug-likeness (QED) is 0.633. The van der Waals surface area contributed by atoms with Gasteiger partial charge in [0, 0.05) is 31.7 Å². The SMILES string of the molecule is COc1cc(C(=O)N2CCC(O)CC2)ccc1Nc1ccc2c(n1)N(C1CCCCC1)[C@H](C)C(=O)N2C. The fraction of sp³-hybridized carbons (Fsp3) is 0.536.